The largest absolute Gasteiger partial charge is 0.388 e. The van der Waals surface area contributed by atoms with E-state index in [1.165, 1.54) is 6.42 Å². The molecule has 1 aliphatic heterocycles. The maximum absolute atomic E-state index is 12.4. The van der Waals surface area contributed by atoms with E-state index < -0.39 is 6.10 Å². The second-order valence-electron chi connectivity index (χ2n) is 6.35. The molecule has 0 unspecified atom stereocenters. The Hall–Kier alpha value is -1.39. The normalized spacial score (nSPS) is 20.8. The first-order valence-electron chi connectivity index (χ1n) is 8.36. The third-order valence-electron chi connectivity index (χ3n) is 4.41. The van der Waals surface area contributed by atoms with Gasteiger partial charge < -0.3 is 10.4 Å². The van der Waals surface area contributed by atoms with Gasteiger partial charge in [0.25, 0.3) is 0 Å². The third-order valence-corrected chi connectivity index (χ3v) is 4.41. The molecule has 4 heteroatoms. The van der Waals surface area contributed by atoms with Gasteiger partial charge in [-0.1, -0.05) is 36.8 Å². The van der Waals surface area contributed by atoms with Crippen molar-refractivity contribution < 1.29 is 9.90 Å². The van der Waals surface area contributed by atoms with E-state index in [1.807, 2.05) is 30.3 Å². The molecule has 1 saturated heterocycles. The van der Waals surface area contributed by atoms with Crippen LogP contribution in [0.3, 0.4) is 0 Å². The highest BCUT2D eigenvalue weighted by Crippen LogP contribution is 2.20. The Morgan fingerprint density at radius 2 is 2.05 bits per heavy atom. The van der Waals surface area contributed by atoms with Crippen molar-refractivity contribution in [1.29, 1.82) is 0 Å². The fourth-order valence-corrected chi connectivity index (χ4v) is 3.15. The maximum Gasteiger partial charge on any atom is 0.237 e. The van der Waals surface area contributed by atoms with E-state index in [0.29, 0.717) is 19.0 Å². The number of piperidine rings is 1. The van der Waals surface area contributed by atoms with Crippen LogP contribution in [0.2, 0.25) is 0 Å². The monoisotopic (exact) mass is 304 g/mol. The lowest BCUT2D eigenvalue weighted by Gasteiger charge is -2.37. The Morgan fingerprint density at radius 1 is 1.32 bits per heavy atom. The van der Waals surface area contributed by atoms with Crippen LogP contribution in [0, 0.1) is 0 Å². The number of carbonyl (C=O) groups is 1. The summed E-state index contributed by atoms with van der Waals surface area (Å²) in [5, 5.41) is 13.1. The zero-order valence-corrected chi connectivity index (χ0v) is 13.7. The van der Waals surface area contributed by atoms with Crippen LogP contribution in [0.25, 0.3) is 0 Å². The lowest BCUT2D eigenvalue weighted by Crippen LogP contribution is -2.52. The Balaban J connectivity index is 1.79. The molecule has 2 rings (SSSR count). The van der Waals surface area contributed by atoms with Gasteiger partial charge in [0.15, 0.2) is 0 Å². The molecule has 1 fully saturated rings. The summed E-state index contributed by atoms with van der Waals surface area (Å²) < 4.78 is 0. The zero-order valence-electron chi connectivity index (χ0n) is 13.7. The number of rotatable bonds is 6. The Bertz CT molecular complexity index is 461. The molecular formula is C18H28N2O2. The molecule has 1 amide bonds. The number of aliphatic hydroxyl groups is 1. The maximum atomic E-state index is 12.4. The standard InChI is InChI=1S/C18H28N2O2/c1-14(2)20-13-7-6-10-16(20)18(22)19-12-11-17(21)15-8-4-3-5-9-15/h3-5,8-9,14,16-17,21H,6-7,10-13H2,1-2H3,(H,19,22)/t16-,17-/m0/s1. The van der Waals surface area contributed by atoms with Gasteiger partial charge in [-0.3, -0.25) is 9.69 Å². The average molecular weight is 304 g/mol. The average Bonchev–Trinajstić information content (AvgIpc) is 2.55. The van der Waals surface area contributed by atoms with Gasteiger partial charge in [-0.05, 0) is 45.2 Å². The van der Waals surface area contributed by atoms with Gasteiger partial charge in [-0.25, -0.2) is 0 Å². The Labute approximate surface area is 133 Å². The van der Waals surface area contributed by atoms with Gasteiger partial charge in [-0.15, -0.1) is 0 Å². The summed E-state index contributed by atoms with van der Waals surface area (Å²) in [6, 6.07) is 9.97. The fraction of sp³-hybridized carbons (Fsp3) is 0.611. The predicted octanol–water partition coefficient (Wildman–Crippen LogP) is 2.49. The molecule has 122 valence electrons. The summed E-state index contributed by atoms with van der Waals surface area (Å²) in [5.74, 6) is 0.105. The lowest BCUT2D eigenvalue weighted by atomic mass is 9.99. The van der Waals surface area contributed by atoms with Crippen LogP contribution in [0.5, 0.6) is 0 Å². The van der Waals surface area contributed by atoms with E-state index in [2.05, 4.69) is 24.1 Å². The van der Waals surface area contributed by atoms with Crippen molar-refractivity contribution in [3.63, 3.8) is 0 Å². The molecule has 0 spiro atoms. The number of likely N-dealkylation sites (tertiary alicyclic amines) is 1. The van der Waals surface area contributed by atoms with Crippen LogP contribution in [0.1, 0.15) is 51.2 Å². The van der Waals surface area contributed by atoms with Crippen molar-refractivity contribution in [3.05, 3.63) is 35.9 Å². The smallest absolute Gasteiger partial charge is 0.237 e. The quantitative estimate of drug-likeness (QED) is 0.849. The molecule has 0 bridgehead atoms. The van der Waals surface area contributed by atoms with E-state index in [9.17, 15) is 9.90 Å². The van der Waals surface area contributed by atoms with Gasteiger partial charge in [0, 0.05) is 12.6 Å². The van der Waals surface area contributed by atoms with Crippen LogP contribution in [0.4, 0.5) is 0 Å². The van der Waals surface area contributed by atoms with Gasteiger partial charge >= 0.3 is 0 Å². The highest BCUT2D eigenvalue weighted by atomic mass is 16.3. The van der Waals surface area contributed by atoms with Crippen molar-refractivity contribution >= 4 is 5.91 Å². The molecule has 2 N–H and O–H groups in total. The molecule has 1 heterocycles. The Kier molecular flexibility index (Phi) is 6.40. The topological polar surface area (TPSA) is 52.6 Å². The van der Waals surface area contributed by atoms with E-state index in [-0.39, 0.29) is 11.9 Å². The fourth-order valence-electron chi connectivity index (χ4n) is 3.15. The molecule has 0 aromatic heterocycles. The number of nitrogens with one attached hydrogen (secondary N) is 1. The first-order chi connectivity index (χ1) is 10.6. The van der Waals surface area contributed by atoms with E-state index in [1.54, 1.807) is 0 Å². The van der Waals surface area contributed by atoms with Crippen molar-refractivity contribution in [2.24, 2.45) is 0 Å². The van der Waals surface area contributed by atoms with Gasteiger partial charge in [0.2, 0.25) is 5.91 Å². The summed E-state index contributed by atoms with van der Waals surface area (Å²) in [7, 11) is 0. The van der Waals surface area contributed by atoms with Gasteiger partial charge in [-0.2, -0.15) is 0 Å². The van der Waals surface area contributed by atoms with Crippen molar-refractivity contribution in [2.45, 2.75) is 57.7 Å². The summed E-state index contributed by atoms with van der Waals surface area (Å²) in [6.07, 6.45) is 3.26. The minimum atomic E-state index is -0.519. The van der Waals surface area contributed by atoms with Crippen LogP contribution < -0.4 is 5.32 Å². The van der Waals surface area contributed by atoms with Crippen molar-refractivity contribution in [2.75, 3.05) is 13.1 Å². The summed E-state index contributed by atoms with van der Waals surface area (Å²) >= 11 is 0. The molecule has 2 atom stereocenters. The lowest BCUT2D eigenvalue weighted by molar-refractivity contribution is -0.128. The first kappa shape index (κ1) is 17.0. The number of aliphatic hydroxyl groups excluding tert-OH is 1. The van der Waals surface area contributed by atoms with E-state index in [0.717, 1.165) is 24.9 Å². The highest BCUT2D eigenvalue weighted by Gasteiger charge is 2.29. The van der Waals surface area contributed by atoms with Crippen molar-refractivity contribution in [3.8, 4) is 0 Å². The highest BCUT2D eigenvalue weighted by molar-refractivity contribution is 5.81. The summed E-state index contributed by atoms with van der Waals surface area (Å²) in [6.45, 7) is 5.80. The van der Waals surface area contributed by atoms with Crippen LogP contribution in [-0.2, 0) is 4.79 Å². The van der Waals surface area contributed by atoms with Crippen molar-refractivity contribution in [1.82, 2.24) is 10.2 Å². The van der Waals surface area contributed by atoms with E-state index >= 15 is 0 Å². The van der Waals surface area contributed by atoms with E-state index in [4.69, 9.17) is 0 Å². The molecule has 22 heavy (non-hydrogen) atoms. The molecule has 0 aliphatic carbocycles. The second-order valence-corrected chi connectivity index (χ2v) is 6.35. The Morgan fingerprint density at radius 3 is 2.73 bits per heavy atom. The van der Waals surface area contributed by atoms with Crippen LogP contribution in [0.15, 0.2) is 30.3 Å². The molecule has 4 nitrogen and oxygen atoms in total. The van der Waals surface area contributed by atoms with Gasteiger partial charge in [0.1, 0.15) is 0 Å². The minimum absolute atomic E-state index is 0.0115. The molecule has 0 radical (unpaired) electrons. The predicted molar refractivity (Wildman–Crippen MR) is 88.5 cm³/mol. The number of hydrogen-bond acceptors (Lipinski definition) is 3. The molecule has 0 saturated carbocycles. The van der Waals surface area contributed by atoms with Gasteiger partial charge in [0.05, 0.1) is 12.1 Å². The van der Waals surface area contributed by atoms with Crippen LogP contribution >= 0.6 is 0 Å². The molecular weight excluding hydrogens is 276 g/mol. The third kappa shape index (κ3) is 4.55. The number of hydrogen-bond donors (Lipinski definition) is 2. The summed E-state index contributed by atoms with van der Waals surface area (Å²) in [4.78, 5) is 14.7. The number of carbonyl (C=O) groups excluding carboxylic acids is 1. The number of amides is 1. The SMILES string of the molecule is CC(C)N1CCCC[C@H]1C(=O)NCC[C@H](O)c1ccccc1. The number of nitrogens with zero attached hydrogens (tertiary/aromatic N) is 1. The second kappa shape index (κ2) is 8.30. The zero-order chi connectivity index (χ0) is 15.9. The molecule has 1 aliphatic rings. The summed E-state index contributed by atoms with van der Waals surface area (Å²) in [5.41, 5.74) is 0.901. The first-order valence-corrected chi connectivity index (χ1v) is 8.36. The molecule has 1 aromatic carbocycles. The minimum Gasteiger partial charge on any atom is -0.388 e. The molecule has 1 aromatic rings. The number of benzene rings is 1. The van der Waals surface area contributed by atoms with Crippen LogP contribution in [-0.4, -0.2) is 41.1 Å².